The number of hydrogen-bond acceptors (Lipinski definition) is 6. The molecule has 1 aromatic heterocycles. The Bertz CT molecular complexity index is 829. The molecule has 27 heavy (non-hydrogen) atoms. The van der Waals surface area contributed by atoms with Gasteiger partial charge in [0.05, 0.1) is 18.6 Å². The first kappa shape index (κ1) is 19.4. The molecule has 1 aliphatic rings. The number of fused-ring (bicyclic) bond motifs is 1. The Balaban J connectivity index is 1.65. The summed E-state index contributed by atoms with van der Waals surface area (Å²) in [5, 5.41) is 11.5. The third-order valence-corrected chi connectivity index (χ3v) is 4.81. The number of amides is 1. The lowest BCUT2D eigenvalue weighted by molar-refractivity contribution is -0.126. The molecule has 1 amide bonds. The van der Waals surface area contributed by atoms with Gasteiger partial charge in [-0.3, -0.25) is 14.5 Å². The van der Waals surface area contributed by atoms with Crippen molar-refractivity contribution in [2.75, 3.05) is 39.4 Å². The summed E-state index contributed by atoms with van der Waals surface area (Å²) < 4.78 is 6.55. The predicted octanol–water partition coefficient (Wildman–Crippen LogP) is 0.827. The molecule has 1 saturated heterocycles. The van der Waals surface area contributed by atoms with Crippen LogP contribution in [0.4, 0.5) is 0 Å². The van der Waals surface area contributed by atoms with Crippen molar-refractivity contribution in [2.45, 2.75) is 26.3 Å². The maximum Gasteiger partial charge on any atom is 0.278 e. The van der Waals surface area contributed by atoms with Crippen molar-refractivity contribution in [3.8, 4) is 0 Å². The number of carbonyl (C=O) groups is 1. The largest absolute Gasteiger partial charge is 0.379 e. The zero-order valence-electron chi connectivity index (χ0n) is 15.9. The van der Waals surface area contributed by atoms with Crippen LogP contribution in [0.3, 0.4) is 0 Å². The Morgan fingerprint density at radius 2 is 2.00 bits per heavy atom. The van der Waals surface area contributed by atoms with E-state index in [9.17, 15) is 9.59 Å². The van der Waals surface area contributed by atoms with E-state index in [4.69, 9.17) is 4.74 Å². The topological polar surface area (TPSA) is 89.3 Å². The monoisotopic (exact) mass is 373 g/mol. The van der Waals surface area contributed by atoms with Crippen molar-refractivity contribution in [1.29, 1.82) is 0 Å². The molecule has 3 rings (SSSR count). The van der Waals surface area contributed by atoms with E-state index in [1.165, 1.54) is 4.68 Å². The molecule has 0 saturated carbocycles. The summed E-state index contributed by atoms with van der Waals surface area (Å²) >= 11 is 0. The molecule has 146 valence electrons. The molecular weight excluding hydrogens is 346 g/mol. The fourth-order valence-corrected chi connectivity index (χ4v) is 3.32. The van der Waals surface area contributed by atoms with Gasteiger partial charge in [-0.1, -0.05) is 31.2 Å². The average molecular weight is 373 g/mol. The van der Waals surface area contributed by atoms with Gasteiger partial charge in [0.15, 0.2) is 0 Å². The number of nitrogens with one attached hydrogen (secondary N) is 1. The second-order valence-corrected chi connectivity index (χ2v) is 7.14. The predicted molar refractivity (Wildman–Crippen MR) is 103 cm³/mol. The number of rotatable bonds is 7. The van der Waals surface area contributed by atoms with Gasteiger partial charge in [0.1, 0.15) is 11.6 Å². The SMILES string of the molecule is CC(C)[C@H](C(=O)NCCCN1CCOCC1)n1nnc2ccccc2c1=O. The van der Waals surface area contributed by atoms with Crippen LogP contribution in [0, 0.1) is 5.92 Å². The minimum Gasteiger partial charge on any atom is -0.379 e. The Kier molecular flexibility index (Phi) is 6.52. The number of nitrogens with zero attached hydrogens (tertiary/aromatic N) is 4. The highest BCUT2D eigenvalue weighted by atomic mass is 16.5. The molecule has 8 heteroatoms. The second kappa shape index (κ2) is 9.05. The zero-order chi connectivity index (χ0) is 19.2. The first-order valence-electron chi connectivity index (χ1n) is 9.50. The van der Waals surface area contributed by atoms with Gasteiger partial charge in [-0.25, -0.2) is 0 Å². The van der Waals surface area contributed by atoms with Crippen LogP contribution in [0.15, 0.2) is 29.1 Å². The van der Waals surface area contributed by atoms with Crippen molar-refractivity contribution in [2.24, 2.45) is 5.92 Å². The molecule has 2 heterocycles. The quantitative estimate of drug-likeness (QED) is 0.723. The first-order valence-corrected chi connectivity index (χ1v) is 9.50. The van der Waals surface area contributed by atoms with Gasteiger partial charge in [0.25, 0.3) is 5.56 Å². The van der Waals surface area contributed by atoms with Gasteiger partial charge in [0, 0.05) is 19.6 Å². The lowest BCUT2D eigenvalue weighted by atomic mass is 10.0. The van der Waals surface area contributed by atoms with Crippen LogP contribution in [0.2, 0.25) is 0 Å². The normalized spacial score (nSPS) is 16.6. The summed E-state index contributed by atoms with van der Waals surface area (Å²) in [7, 11) is 0. The highest BCUT2D eigenvalue weighted by molar-refractivity contribution is 5.81. The van der Waals surface area contributed by atoms with Gasteiger partial charge in [0.2, 0.25) is 5.91 Å². The van der Waals surface area contributed by atoms with Crippen LogP contribution in [-0.2, 0) is 9.53 Å². The summed E-state index contributed by atoms with van der Waals surface area (Å²) in [6.45, 7) is 8.70. The van der Waals surface area contributed by atoms with Crippen molar-refractivity contribution in [1.82, 2.24) is 25.2 Å². The molecule has 1 fully saturated rings. The molecule has 1 aliphatic heterocycles. The van der Waals surface area contributed by atoms with Crippen LogP contribution in [0.1, 0.15) is 26.3 Å². The number of hydrogen-bond donors (Lipinski definition) is 1. The molecule has 8 nitrogen and oxygen atoms in total. The number of morpholine rings is 1. The summed E-state index contributed by atoms with van der Waals surface area (Å²) in [4.78, 5) is 27.9. The van der Waals surface area contributed by atoms with Gasteiger partial charge < -0.3 is 10.1 Å². The summed E-state index contributed by atoms with van der Waals surface area (Å²) in [6, 6.07) is 6.36. The standard InChI is InChI=1S/C19H27N5O3/c1-14(2)17(18(25)20-8-5-9-23-10-12-27-13-11-23)24-19(26)15-6-3-4-7-16(15)21-22-24/h3-4,6-7,14,17H,5,8-13H2,1-2H3,(H,20,25)/t17-/m1/s1. The minimum absolute atomic E-state index is 0.0857. The molecular formula is C19H27N5O3. The molecule has 0 unspecified atom stereocenters. The van der Waals surface area contributed by atoms with E-state index in [1.807, 2.05) is 19.9 Å². The van der Waals surface area contributed by atoms with Crippen LogP contribution in [0.25, 0.3) is 10.9 Å². The average Bonchev–Trinajstić information content (AvgIpc) is 2.68. The van der Waals surface area contributed by atoms with Crippen LogP contribution in [0.5, 0.6) is 0 Å². The Labute approximate surface area is 158 Å². The lowest BCUT2D eigenvalue weighted by Crippen LogP contribution is -2.42. The number of aromatic nitrogens is 3. The van der Waals surface area contributed by atoms with E-state index in [0.29, 0.717) is 17.4 Å². The number of benzene rings is 1. The summed E-state index contributed by atoms with van der Waals surface area (Å²) in [5.41, 5.74) is 0.245. The molecule has 0 radical (unpaired) electrons. The van der Waals surface area contributed by atoms with E-state index >= 15 is 0 Å². The third kappa shape index (κ3) is 4.70. The number of ether oxygens (including phenoxy) is 1. The highest BCUT2D eigenvalue weighted by Crippen LogP contribution is 2.16. The van der Waals surface area contributed by atoms with Crippen molar-refractivity contribution in [3.05, 3.63) is 34.6 Å². The van der Waals surface area contributed by atoms with E-state index in [2.05, 4.69) is 20.5 Å². The maximum absolute atomic E-state index is 12.8. The van der Waals surface area contributed by atoms with E-state index in [-0.39, 0.29) is 17.4 Å². The Morgan fingerprint density at radius 1 is 1.26 bits per heavy atom. The van der Waals surface area contributed by atoms with Gasteiger partial charge in [-0.15, -0.1) is 5.10 Å². The molecule has 1 atom stereocenters. The first-order chi connectivity index (χ1) is 13.1. The third-order valence-electron chi connectivity index (χ3n) is 4.81. The molecule has 0 aliphatic carbocycles. The fourth-order valence-electron chi connectivity index (χ4n) is 3.32. The summed E-state index contributed by atoms with van der Waals surface area (Å²) in [6.07, 6.45) is 0.856. The summed E-state index contributed by atoms with van der Waals surface area (Å²) in [5.74, 6) is -0.281. The fraction of sp³-hybridized carbons (Fsp3) is 0.579. The molecule has 2 aromatic rings. The van der Waals surface area contributed by atoms with Crippen LogP contribution < -0.4 is 10.9 Å². The number of carbonyl (C=O) groups excluding carboxylic acids is 1. The van der Waals surface area contributed by atoms with Crippen LogP contribution in [-0.4, -0.2) is 65.2 Å². The van der Waals surface area contributed by atoms with Crippen molar-refractivity contribution in [3.63, 3.8) is 0 Å². The second-order valence-electron chi connectivity index (χ2n) is 7.14. The molecule has 1 N–H and O–H groups in total. The zero-order valence-corrected chi connectivity index (χ0v) is 15.9. The van der Waals surface area contributed by atoms with Gasteiger partial charge in [-0.05, 0) is 31.0 Å². The minimum atomic E-state index is -0.682. The van der Waals surface area contributed by atoms with E-state index in [1.54, 1.807) is 18.2 Å². The lowest BCUT2D eigenvalue weighted by Gasteiger charge is -2.26. The van der Waals surface area contributed by atoms with Crippen molar-refractivity contribution < 1.29 is 9.53 Å². The Morgan fingerprint density at radius 3 is 2.74 bits per heavy atom. The highest BCUT2D eigenvalue weighted by Gasteiger charge is 2.27. The molecule has 1 aromatic carbocycles. The van der Waals surface area contributed by atoms with E-state index in [0.717, 1.165) is 39.3 Å². The Hall–Kier alpha value is -2.32. The molecule has 0 spiro atoms. The van der Waals surface area contributed by atoms with Gasteiger partial charge >= 0.3 is 0 Å². The van der Waals surface area contributed by atoms with Gasteiger partial charge in [-0.2, -0.15) is 4.68 Å². The van der Waals surface area contributed by atoms with Crippen LogP contribution >= 0.6 is 0 Å². The van der Waals surface area contributed by atoms with E-state index < -0.39 is 6.04 Å². The molecule has 0 bridgehead atoms. The smallest absolute Gasteiger partial charge is 0.278 e. The van der Waals surface area contributed by atoms with Crippen molar-refractivity contribution >= 4 is 16.8 Å². The maximum atomic E-state index is 12.8.